The van der Waals surface area contributed by atoms with E-state index < -0.39 is 42.5 Å². The Hall–Kier alpha value is -4.95. The first-order valence-electron chi connectivity index (χ1n) is 16.1. The number of carbonyl (C=O) groups excluding carboxylic acids is 4. The SMILES string of the molecule is C[C@H]1CC[C@H](c2ccc3c(cnn3C)c2)N(C(=O)C(=O)OCC(F)(F)F)C1.C[C@H]1CC[C@H](c2ccc3c(cnn3C)c2)N(C(=O)C(N)=O)C1. The van der Waals surface area contributed by atoms with Crippen LogP contribution in [0.4, 0.5) is 13.2 Å². The molecular weight excluding hydrogens is 643 g/mol. The summed E-state index contributed by atoms with van der Waals surface area (Å²) in [7, 11) is 3.71. The van der Waals surface area contributed by atoms with Gasteiger partial charge in [-0.1, -0.05) is 26.0 Å². The van der Waals surface area contributed by atoms with Crippen molar-refractivity contribution in [2.45, 2.75) is 57.8 Å². The topological polar surface area (TPSA) is 146 Å². The zero-order chi connectivity index (χ0) is 35.6. The van der Waals surface area contributed by atoms with Crippen LogP contribution in [-0.2, 0) is 38.0 Å². The Morgan fingerprint density at radius 2 is 1.22 bits per heavy atom. The van der Waals surface area contributed by atoms with Crippen LogP contribution in [-0.4, -0.2) is 78.9 Å². The molecule has 0 unspecified atom stereocenters. The zero-order valence-electron chi connectivity index (χ0n) is 27.8. The standard InChI is InChI=1S/C18H20F3N3O3.C16H20N4O2/c1-11-3-5-15(12-4-6-14-13(7-12)8-22-23(14)2)24(9-11)16(25)17(26)27-10-18(19,20)21;1-10-3-5-14(20(9-10)16(22)15(17)21)11-4-6-13-12(7-11)8-18-19(13)2/h4,6-8,11,15H,3,5,9-10H2,1-2H3;4,6-8,10,14H,3,5,9H2,1-2H3,(H2,17,21)/t11-,15+;10-,14+/m00/s1. The summed E-state index contributed by atoms with van der Waals surface area (Å²) in [6.07, 6.45) is 2.17. The van der Waals surface area contributed by atoms with E-state index in [1.165, 1.54) is 4.90 Å². The summed E-state index contributed by atoms with van der Waals surface area (Å²) in [5.41, 5.74) is 9.02. The third-order valence-electron chi connectivity index (χ3n) is 9.22. The van der Waals surface area contributed by atoms with Crippen molar-refractivity contribution in [2.75, 3.05) is 19.7 Å². The summed E-state index contributed by atoms with van der Waals surface area (Å²) in [5, 5.41) is 10.3. The van der Waals surface area contributed by atoms with Gasteiger partial charge in [-0.25, -0.2) is 4.79 Å². The fourth-order valence-electron chi connectivity index (χ4n) is 6.69. The zero-order valence-corrected chi connectivity index (χ0v) is 27.8. The number of nitrogens with two attached hydrogens (primary N) is 1. The van der Waals surface area contributed by atoms with Gasteiger partial charge in [0.15, 0.2) is 6.61 Å². The molecule has 12 nitrogen and oxygen atoms in total. The highest BCUT2D eigenvalue weighted by molar-refractivity contribution is 6.34. The lowest BCUT2D eigenvalue weighted by molar-refractivity contribution is -0.190. The van der Waals surface area contributed by atoms with E-state index in [-0.39, 0.29) is 18.5 Å². The number of alkyl halides is 3. The predicted octanol–water partition coefficient (Wildman–Crippen LogP) is 4.34. The van der Waals surface area contributed by atoms with Gasteiger partial charge >= 0.3 is 29.9 Å². The second-order valence-electron chi connectivity index (χ2n) is 13.0. The van der Waals surface area contributed by atoms with E-state index in [1.807, 2.05) is 68.3 Å². The molecule has 2 aliphatic rings. The van der Waals surface area contributed by atoms with Gasteiger partial charge in [-0.2, -0.15) is 23.4 Å². The van der Waals surface area contributed by atoms with Gasteiger partial charge in [0.05, 0.1) is 35.5 Å². The Morgan fingerprint density at radius 1 is 0.776 bits per heavy atom. The molecule has 2 saturated heterocycles. The van der Waals surface area contributed by atoms with Gasteiger partial charge in [-0.3, -0.25) is 23.7 Å². The van der Waals surface area contributed by atoms with E-state index >= 15 is 0 Å². The molecular formula is C34H40F3N7O5. The van der Waals surface area contributed by atoms with Crippen molar-refractivity contribution in [3.8, 4) is 0 Å². The van der Waals surface area contributed by atoms with Crippen molar-refractivity contribution in [3.05, 3.63) is 59.9 Å². The average molecular weight is 684 g/mol. The summed E-state index contributed by atoms with van der Waals surface area (Å²) in [6, 6.07) is 11.2. The fraction of sp³-hybridized carbons (Fsp3) is 0.471. The van der Waals surface area contributed by atoms with Gasteiger partial charge in [0.25, 0.3) is 0 Å². The number of esters is 1. The van der Waals surface area contributed by atoms with Crippen LogP contribution in [0.1, 0.15) is 62.7 Å². The molecule has 4 atom stereocenters. The molecule has 4 aromatic rings. The second-order valence-corrected chi connectivity index (χ2v) is 13.0. The van der Waals surface area contributed by atoms with Crippen molar-refractivity contribution in [1.29, 1.82) is 0 Å². The number of hydrogen-bond acceptors (Lipinski definition) is 7. The maximum absolute atomic E-state index is 12.5. The molecule has 15 heteroatoms. The van der Waals surface area contributed by atoms with Crippen LogP contribution in [0.3, 0.4) is 0 Å². The summed E-state index contributed by atoms with van der Waals surface area (Å²) in [6.45, 7) is 3.10. The second kappa shape index (κ2) is 14.3. The van der Waals surface area contributed by atoms with Gasteiger partial charge in [0.2, 0.25) is 0 Å². The van der Waals surface area contributed by atoms with E-state index in [9.17, 15) is 32.3 Å². The van der Waals surface area contributed by atoms with Crippen molar-refractivity contribution in [1.82, 2.24) is 29.4 Å². The Balaban J connectivity index is 0.000000195. The molecule has 49 heavy (non-hydrogen) atoms. The number of likely N-dealkylation sites (tertiary alicyclic amines) is 2. The number of hydrogen-bond donors (Lipinski definition) is 1. The van der Waals surface area contributed by atoms with Crippen LogP contribution in [0, 0.1) is 11.8 Å². The number of fused-ring (bicyclic) bond motifs is 2. The maximum Gasteiger partial charge on any atom is 0.422 e. The number of amides is 3. The van der Waals surface area contributed by atoms with Crippen molar-refractivity contribution < 1.29 is 37.1 Å². The molecule has 4 heterocycles. The smallest absolute Gasteiger partial charge is 0.422 e. The van der Waals surface area contributed by atoms with Crippen molar-refractivity contribution in [2.24, 2.45) is 31.7 Å². The van der Waals surface area contributed by atoms with E-state index in [4.69, 9.17) is 5.73 Å². The largest absolute Gasteiger partial charge is 0.449 e. The van der Waals surface area contributed by atoms with E-state index in [0.29, 0.717) is 18.9 Å². The first kappa shape index (κ1) is 35.4. The van der Waals surface area contributed by atoms with Crippen molar-refractivity contribution >= 4 is 45.5 Å². The molecule has 2 N–H and O–H groups in total. The third-order valence-corrected chi connectivity index (χ3v) is 9.22. The van der Waals surface area contributed by atoms with Crippen LogP contribution < -0.4 is 5.73 Å². The fourth-order valence-corrected chi connectivity index (χ4v) is 6.69. The number of nitrogens with zero attached hydrogens (tertiary/aromatic N) is 6. The quantitative estimate of drug-likeness (QED) is 0.250. The normalized spacial score (nSPS) is 21.3. The third kappa shape index (κ3) is 8.03. The molecule has 3 amide bonds. The van der Waals surface area contributed by atoms with Gasteiger partial charge in [0, 0.05) is 38.0 Å². The number of piperidine rings is 2. The first-order valence-corrected chi connectivity index (χ1v) is 16.1. The molecule has 0 bridgehead atoms. The molecule has 2 aromatic heterocycles. The number of carbonyl (C=O) groups is 4. The number of primary amides is 1. The summed E-state index contributed by atoms with van der Waals surface area (Å²) >= 11 is 0. The van der Waals surface area contributed by atoms with E-state index in [2.05, 4.69) is 21.9 Å². The highest BCUT2D eigenvalue weighted by atomic mass is 19.4. The number of aryl methyl sites for hydroxylation is 2. The molecule has 0 radical (unpaired) electrons. The molecule has 0 spiro atoms. The molecule has 262 valence electrons. The minimum atomic E-state index is -4.67. The molecule has 6 rings (SSSR count). The average Bonchev–Trinajstić information content (AvgIpc) is 3.63. The number of halogens is 3. The van der Waals surface area contributed by atoms with Crippen molar-refractivity contribution in [3.63, 3.8) is 0 Å². The Bertz CT molecular complexity index is 1870. The lowest BCUT2D eigenvalue weighted by Gasteiger charge is -2.38. The highest BCUT2D eigenvalue weighted by Gasteiger charge is 2.38. The lowest BCUT2D eigenvalue weighted by Crippen LogP contribution is -2.46. The molecule has 2 aromatic carbocycles. The molecule has 0 aliphatic carbocycles. The van der Waals surface area contributed by atoms with Crippen LogP contribution in [0.2, 0.25) is 0 Å². The van der Waals surface area contributed by atoms with Crippen LogP contribution in [0.5, 0.6) is 0 Å². The van der Waals surface area contributed by atoms with E-state index in [0.717, 1.165) is 52.2 Å². The number of ether oxygens (including phenoxy) is 1. The summed E-state index contributed by atoms with van der Waals surface area (Å²) in [4.78, 5) is 50.7. The Labute approximate surface area is 280 Å². The molecule has 2 fully saturated rings. The minimum absolute atomic E-state index is 0.0965. The lowest BCUT2D eigenvalue weighted by atomic mass is 9.89. The number of rotatable bonds is 3. The molecule has 0 saturated carbocycles. The van der Waals surface area contributed by atoms with Crippen LogP contribution in [0.15, 0.2) is 48.8 Å². The Morgan fingerprint density at radius 3 is 1.65 bits per heavy atom. The summed E-state index contributed by atoms with van der Waals surface area (Å²) < 4.78 is 44.5. The minimum Gasteiger partial charge on any atom is -0.449 e. The maximum atomic E-state index is 12.5. The number of benzene rings is 2. The number of aromatic nitrogens is 4. The van der Waals surface area contributed by atoms with Gasteiger partial charge in [0.1, 0.15) is 0 Å². The van der Waals surface area contributed by atoms with Gasteiger partial charge in [-0.15, -0.1) is 0 Å². The predicted molar refractivity (Wildman–Crippen MR) is 173 cm³/mol. The molecule has 2 aliphatic heterocycles. The van der Waals surface area contributed by atoms with E-state index in [1.54, 1.807) is 15.8 Å². The summed E-state index contributed by atoms with van der Waals surface area (Å²) in [5.74, 6) is -3.48. The van der Waals surface area contributed by atoms with Gasteiger partial charge in [-0.05, 0) is 72.9 Å². The monoisotopic (exact) mass is 683 g/mol. The highest BCUT2D eigenvalue weighted by Crippen LogP contribution is 2.36. The Kier molecular flexibility index (Phi) is 10.3. The first-order chi connectivity index (χ1) is 23.1. The van der Waals surface area contributed by atoms with Gasteiger partial charge < -0.3 is 20.3 Å². The van der Waals surface area contributed by atoms with Crippen LogP contribution in [0.25, 0.3) is 21.8 Å². The van der Waals surface area contributed by atoms with Crippen LogP contribution >= 0.6 is 0 Å².